The third-order valence-corrected chi connectivity index (χ3v) is 4.72. The highest BCUT2D eigenvalue weighted by molar-refractivity contribution is 6.30. The highest BCUT2D eigenvalue weighted by atomic mass is 35.5. The van der Waals surface area contributed by atoms with Crippen molar-refractivity contribution < 1.29 is 9.90 Å². The molecule has 2 N–H and O–H groups in total. The second-order valence-corrected chi connectivity index (χ2v) is 6.63. The first-order valence-electron chi connectivity index (χ1n) is 8.12. The summed E-state index contributed by atoms with van der Waals surface area (Å²) < 4.78 is 1.83. The van der Waals surface area contributed by atoms with E-state index in [1.165, 1.54) is 0 Å². The van der Waals surface area contributed by atoms with E-state index in [2.05, 4.69) is 15.4 Å². The van der Waals surface area contributed by atoms with Crippen molar-refractivity contribution in [2.24, 2.45) is 0 Å². The first-order valence-corrected chi connectivity index (χ1v) is 8.50. The van der Waals surface area contributed by atoms with Crippen molar-refractivity contribution >= 4 is 17.5 Å². The second kappa shape index (κ2) is 6.53. The van der Waals surface area contributed by atoms with Crippen LogP contribution >= 0.6 is 11.6 Å². The molecule has 0 bridgehead atoms. The Bertz CT molecular complexity index is 761. The van der Waals surface area contributed by atoms with Crippen molar-refractivity contribution in [3.63, 3.8) is 0 Å². The van der Waals surface area contributed by atoms with Crippen molar-refractivity contribution in [2.75, 3.05) is 0 Å². The third-order valence-electron chi connectivity index (χ3n) is 4.49. The number of aliphatic hydroxyl groups is 1. The van der Waals surface area contributed by atoms with Gasteiger partial charge in [0.05, 0.1) is 6.54 Å². The fourth-order valence-electron chi connectivity index (χ4n) is 3.10. The Labute approximate surface area is 145 Å². The molecule has 128 valence electrons. The molecule has 7 heteroatoms. The zero-order chi connectivity index (χ0) is 17.3. The fourth-order valence-corrected chi connectivity index (χ4v) is 3.29. The number of aryl methyl sites for hydroxylation is 2. The standard InChI is InChI=1S/C17H21ClN4O2/c1-3-17(24,12-5-4-6-13(18)9-12)16(23)20-14-7-8-15-19-11(2)21-22(15)10-14/h4-6,9,14,24H,3,7-8,10H2,1-2H3,(H,20,23)/t14-,17-/m1/s1. The van der Waals surface area contributed by atoms with Crippen molar-refractivity contribution in [1.82, 2.24) is 20.1 Å². The lowest BCUT2D eigenvalue weighted by Crippen LogP contribution is -2.50. The van der Waals surface area contributed by atoms with Gasteiger partial charge >= 0.3 is 0 Å². The number of benzene rings is 1. The Morgan fingerprint density at radius 3 is 3.04 bits per heavy atom. The number of carbonyl (C=O) groups is 1. The quantitative estimate of drug-likeness (QED) is 0.885. The number of fused-ring (bicyclic) bond motifs is 1. The summed E-state index contributed by atoms with van der Waals surface area (Å²) >= 11 is 6.00. The molecule has 3 rings (SSSR count). The molecule has 0 radical (unpaired) electrons. The maximum Gasteiger partial charge on any atom is 0.256 e. The Morgan fingerprint density at radius 2 is 2.33 bits per heavy atom. The van der Waals surface area contributed by atoms with Gasteiger partial charge in [0.25, 0.3) is 5.91 Å². The van der Waals surface area contributed by atoms with Gasteiger partial charge in [0.15, 0.2) is 5.60 Å². The topological polar surface area (TPSA) is 80.0 Å². The molecule has 0 unspecified atom stereocenters. The summed E-state index contributed by atoms with van der Waals surface area (Å²) in [7, 11) is 0. The number of amides is 1. The predicted octanol–water partition coefficient (Wildman–Crippen LogP) is 1.97. The van der Waals surface area contributed by atoms with E-state index in [0.29, 0.717) is 17.1 Å². The van der Waals surface area contributed by atoms with E-state index in [4.69, 9.17) is 11.6 Å². The van der Waals surface area contributed by atoms with Crippen molar-refractivity contribution in [2.45, 2.75) is 51.3 Å². The van der Waals surface area contributed by atoms with Crippen LogP contribution in [-0.4, -0.2) is 31.8 Å². The lowest BCUT2D eigenvalue weighted by atomic mass is 9.89. The van der Waals surface area contributed by atoms with Crippen molar-refractivity contribution in [1.29, 1.82) is 0 Å². The normalized spacial score (nSPS) is 19.4. The molecule has 2 heterocycles. The monoisotopic (exact) mass is 348 g/mol. The smallest absolute Gasteiger partial charge is 0.256 e. The van der Waals surface area contributed by atoms with Gasteiger partial charge in [-0.1, -0.05) is 30.7 Å². The van der Waals surface area contributed by atoms with Gasteiger partial charge in [0, 0.05) is 17.5 Å². The van der Waals surface area contributed by atoms with E-state index in [-0.39, 0.29) is 12.5 Å². The van der Waals surface area contributed by atoms with Gasteiger partial charge in [-0.05, 0) is 37.5 Å². The molecule has 1 aromatic carbocycles. The number of nitrogens with zero attached hydrogens (tertiary/aromatic N) is 3. The minimum atomic E-state index is -1.59. The van der Waals surface area contributed by atoms with Crippen LogP contribution in [0.3, 0.4) is 0 Å². The second-order valence-electron chi connectivity index (χ2n) is 6.19. The highest BCUT2D eigenvalue weighted by Crippen LogP contribution is 2.28. The molecule has 1 aliphatic heterocycles. The summed E-state index contributed by atoms with van der Waals surface area (Å²) in [5.41, 5.74) is -1.09. The Hall–Kier alpha value is -1.92. The molecular formula is C17H21ClN4O2. The van der Waals surface area contributed by atoms with E-state index in [1.807, 2.05) is 11.6 Å². The number of nitrogens with one attached hydrogen (secondary N) is 1. The fraction of sp³-hybridized carbons (Fsp3) is 0.471. The molecule has 0 spiro atoms. The van der Waals surface area contributed by atoms with Crippen LogP contribution in [0.2, 0.25) is 5.02 Å². The SMILES string of the molecule is CC[C@](O)(C(=O)N[C@@H]1CCc2nc(C)nn2C1)c1cccc(Cl)c1. The zero-order valence-electron chi connectivity index (χ0n) is 13.8. The summed E-state index contributed by atoms with van der Waals surface area (Å²) in [5.74, 6) is 1.28. The van der Waals surface area contributed by atoms with Crippen LogP contribution in [-0.2, 0) is 23.4 Å². The largest absolute Gasteiger partial charge is 0.375 e. The average Bonchev–Trinajstić information content (AvgIpc) is 2.93. The molecule has 0 fully saturated rings. The van der Waals surface area contributed by atoms with Crippen molar-refractivity contribution in [3.05, 3.63) is 46.5 Å². The number of hydrogen-bond donors (Lipinski definition) is 2. The predicted molar refractivity (Wildman–Crippen MR) is 90.7 cm³/mol. The summed E-state index contributed by atoms with van der Waals surface area (Å²) in [6.45, 7) is 4.20. The molecule has 2 aromatic rings. The van der Waals surface area contributed by atoms with E-state index in [1.54, 1.807) is 31.2 Å². The van der Waals surface area contributed by atoms with E-state index in [0.717, 1.165) is 24.5 Å². The van der Waals surface area contributed by atoms with Crippen LogP contribution in [0.25, 0.3) is 0 Å². The third kappa shape index (κ3) is 3.16. The summed E-state index contributed by atoms with van der Waals surface area (Å²) in [5, 5.41) is 18.7. The molecule has 1 aliphatic rings. The number of aromatic nitrogens is 3. The molecule has 2 atom stereocenters. The average molecular weight is 349 g/mol. The van der Waals surface area contributed by atoms with Crippen LogP contribution in [0.4, 0.5) is 0 Å². The first-order chi connectivity index (χ1) is 11.4. The first kappa shape index (κ1) is 16.9. The molecule has 1 aromatic heterocycles. The molecule has 0 saturated heterocycles. The minimum absolute atomic E-state index is 0.0802. The molecule has 1 amide bonds. The number of rotatable bonds is 4. The van der Waals surface area contributed by atoms with Crippen LogP contribution in [0.15, 0.2) is 24.3 Å². The highest BCUT2D eigenvalue weighted by Gasteiger charge is 2.37. The Balaban J connectivity index is 1.76. The molecule has 0 aliphatic carbocycles. The van der Waals surface area contributed by atoms with Crippen LogP contribution in [0.5, 0.6) is 0 Å². The minimum Gasteiger partial charge on any atom is -0.375 e. The summed E-state index contributed by atoms with van der Waals surface area (Å²) in [6.07, 6.45) is 1.80. The van der Waals surface area contributed by atoms with Gasteiger partial charge in [-0.2, -0.15) is 5.10 Å². The number of hydrogen-bond acceptors (Lipinski definition) is 4. The Kier molecular flexibility index (Phi) is 4.60. The van der Waals surface area contributed by atoms with E-state index < -0.39 is 11.5 Å². The molecule has 0 saturated carbocycles. The van der Waals surface area contributed by atoms with E-state index in [9.17, 15) is 9.90 Å². The van der Waals surface area contributed by atoms with Crippen LogP contribution in [0.1, 0.15) is 37.0 Å². The van der Waals surface area contributed by atoms with Gasteiger partial charge in [-0.25, -0.2) is 9.67 Å². The molecule has 6 nitrogen and oxygen atoms in total. The van der Waals surface area contributed by atoms with Gasteiger partial charge in [0.1, 0.15) is 11.6 Å². The number of carbonyl (C=O) groups excluding carboxylic acids is 1. The van der Waals surface area contributed by atoms with Crippen molar-refractivity contribution in [3.8, 4) is 0 Å². The zero-order valence-corrected chi connectivity index (χ0v) is 14.5. The lowest BCUT2D eigenvalue weighted by molar-refractivity contribution is -0.142. The summed E-state index contributed by atoms with van der Waals surface area (Å²) in [6, 6.07) is 6.72. The van der Waals surface area contributed by atoms with Crippen LogP contribution in [0, 0.1) is 6.92 Å². The van der Waals surface area contributed by atoms with E-state index >= 15 is 0 Å². The van der Waals surface area contributed by atoms with Gasteiger partial charge in [0.2, 0.25) is 0 Å². The number of halogens is 1. The summed E-state index contributed by atoms with van der Waals surface area (Å²) in [4.78, 5) is 17.1. The van der Waals surface area contributed by atoms with Gasteiger partial charge in [-0.15, -0.1) is 0 Å². The van der Waals surface area contributed by atoms with Gasteiger partial charge < -0.3 is 10.4 Å². The molecule has 24 heavy (non-hydrogen) atoms. The molecular weight excluding hydrogens is 328 g/mol. The maximum absolute atomic E-state index is 12.7. The Morgan fingerprint density at radius 1 is 1.54 bits per heavy atom. The maximum atomic E-state index is 12.7. The van der Waals surface area contributed by atoms with Crippen LogP contribution < -0.4 is 5.32 Å². The lowest BCUT2D eigenvalue weighted by Gasteiger charge is -2.30. The van der Waals surface area contributed by atoms with Gasteiger partial charge in [-0.3, -0.25) is 4.79 Å².